The van der Waals surface area contributed by atoms with Crippen molar-refractivity contribution in [1.29, 1.82) is 0 Å². The number of anilines is 1. The average Bonchev–Trinajstić information content (AvgIpc) is 3.27. The van der Waals surface area contributed by atoms with Crippen LogP contribution in [0.25, 0.3) is 5.69 Å². The lowest BCUT2D eigenvalue weighted by Gasteiger charge is -2.31. The molecule has 0 bridgehead atoms. The molecule has 3 aromatic rings. The highest BCUT2D eigenvalue weighted by Gasteiger charge is 2.26. The van der Waals surface area contributed by atoms with Crippen LogP contribution in [0.5, 0.6) is 0 Å². The summed E-state index contributed by atoms with van der Waals surface area (Å²) in [6.07, 6.45) is 3.73. The van der Waals surface area contributed by atoms with E-state index >= 15 is 0 Å². The molecule has 112 valence electrons. The zero-order chi connectivity index (χ0) is 14.8. The Morgan fingerprint density at radius 2 is 2.09 bits per heavy atom. The molecular weight excluding hydrogens is 280 g/mol. The Balaban J connectivity index is 1.61. The first kappa shape index (κ1) is 12.9. The molecule has 0 spiro atoms. The Hall–Kier alpha value is -2.77. The minimum atomic E-state index is 0.331. The van der Waals surface area contributed by atoms with E-state index in [0.29, 0.717) is 5.92 Å². The van der Waals surface area contributed by atoms with E-state index in [2.05, 4.69) is 35.6 Å². The maximum Gasteiger partial charge on any atom is 0.250 e. The molecule has 1 aliphatic rings. The number of aromatic amines is 1. The molecule has 22 heavy (non-hydrogen) atoms. The van der Waals surface area contributed by atoms with Crippen LogP contribution < -0.4 is 4.90 Å². The van der Waals surface area contributed by atoms with Crippen molar-refractivity contribution in [3.05, 3.63) is 42.5 Å². The summed E-state index contributed by atoms with van der Waals surface area (Å²) in [5.74, 6) is 2.04. The molecule has 3 heterocycles. The fourth-order valence-corrected chi connectivity index (χ4v) is 2.91. The number of hydrogen-bond donors (Lipinski definition) is 1. The second-order valence-corrected chi connectivity index (χ2v) is 5.38. The van der Waals surface area contributed by atoms with Crippen molar-refractivity contribution in [3.8, 4) is 5.69 Å². The van der Waals surface area contributed by atoms with E-state index < -0.39 is 0 Å². The van der Waals surface area contributed by atoms with Crippen LogP contribution in [-0.2, 0) is 0 Å². The molecule has 1 aliphatic heterocycles. The summed E-state index contributed by atoms with van der Waals surface area (Å²) in [6, 6.07) is 9.94. The molecule has 0 aliphatic carbocycles. The molecule has 2 aromatic heterocycles. The van der Waals surface area contributed by atoms with Crippen LogP contribution in [0.1, 0.15) is 24.6 Å². The van der Waals surface area contributed by atoms with E-state index in [1.165, 1.54) is 0 Å². The van der Waals surface area contributed by atoms with E-state index in [9.17, 15) is 0 Å². The highest BCUT2D eigenvalue weighted by atomic mass is 15.6. The highest BCUT2D eigenvalue weighted by Crippen LogP contribution is 2.27. The van der Waals surface area contributed by atoms with Gasteiger partial charge >= 0.3 is 0 Å². The number of nitrogens with zero attached hydrogens (tertiary/aromatic N) is 7. The van der Waals surface area contributed by atoms with Crippen LogP contribution in [0.15, 0.2) is 36.7 Å². The summed E-state index contributed by atoms with van der Waals surface area (Å²) in [5, 5.41) is 19.1. The van der Waals surface area contributed by atoms with Gasteiger partial charge < -0.3 is 4.90 Å². The largest absolute Gasteiger partial charge is 0.339 e. The number of nitrogens with one attached hydrogen (secondary N) is 1. The Morgan fingerprint density at radius 1 is 1.18 bits per heavy atom. The molecule has 1 unspecified atom stereocenters. The van der Waals surface area contributed by atoms with Crippen molar-refractivity contribution < 1.29 is 0 Å². The van der Waals surface area contributed by atoms with Crippen LogP contribution in [0.2, 0.25) is 0 Å². The standard InChI is InChI=1S/C14H16N8/c1-2-6-12(7-3-1)22-14(18-19-20-22)21-8-4-5-11(9-21)13-15-10-16-17-13/h1-3,6-7,10-11H,4-5,8-9H2,(H,15,16,17). The molecule has 1 saturated heterocycles. The molecule has 1 aromatic carbocycles. The SMILES string of the molecule is c1ccc(-n2nnnc2N2CCCC(c3ncn[nH]3)C2)cc1. The topological polar surface area (TPSA) is 88.4 Å². The fourth-order valence-electron chi connectivity index (χ4n) is 2.91. The van der Waals surface area contributed by atoms with E-state index in [-0.39, 0.29) is 0 Å². The maximum absolute atomic E-state index is 4.28. The number of aromatic nitrogens is 7. The first-order chi connectivity index (χ1) is 10.9. The number of para-hydroxylation sites is 1. The van der Waals surface area contributed by atoms with E-state index in [1.807, 2.05) is 30.3 Å². The van der Waals surface area contributed by atoms with Gasteiger partial charge in [-0.05, 0) is 35.4 Å². The zero-order valence-corrected chi connectivity index (χ0v) is 12.0. The van der Waals surface area contributed by atoms with Gasteiger partial charge in [0.15, 0.2) is 0 Å². The van der Waals surface area contributed by atoms with Gasteiger partial charge in [-0.2, -0.15) is 9.78 Å². The summed E-state index contributed by atoms with van der Waals surface area (Å²) in [7, 11) is 0. The van der Waals surface area contributed by atoms with E-state index in [1.54, 1.807) is 11.0 Å². The summed E-state index contributed by atoms with van der Waals surface area (Å²) in [6.45, 7) is 1.78. The predicted molar refractivity (Wildman–Crippen MR) is 79.7 cm³/mol. The third kappa shape index (κ3) is 2.32. The van der Waals surface area contributed by atoms with Gasteiger partial charge in [-0.15, -0.1) is 0 Å². The minimum absolute atomic E-state index is 0.331. The molecule has 0 radical (unpaired) electrons. The zero-order valence-electron chi connectivity index (χ0n) is 12.0. The number of H-pyrrole nitrogens is 1. The highest BCUT2D eigenvalue weighted by molar-refractivity contribution is 5.41. The summed E-state index contributed by atoms with van der Waals surface area (Å²) >= 11 is 0. The molecule has 0 amide bonds. The van der Waals surface area contributed by atoms with Gasteiger partial charge in [-0.1, -0.05) is 23.3 Å². The smallest absolute Gasteiger partial charge is 0.250 e. The quantitative estimate of drug-likeness (QED) is 0.780. The molecule has 8 nitrogen and oxygen atoms in total. The van der Waals surface area contributed by atoms with Crippen molar-refractivity contribution >= 4 is 5.95 Å². The third-order valence-corrected chi connectivity index (χ3v) is 3.98. The first-order valence-electron chi connectivity index (χ1n) is 7.36. The van der Waals surface area contributed by atoms with Gasteiger partial charge in [-0.25, -0.2) is 4.98 Å². The summed E-state index contributed by atoms with van der Waals surface area (Å²) < 4.78 is 1.78. The van der Waals surface area contributed by atoms with Gasteiger partial charge in [-0.3, -0.25) is 5.10 Å². The summed E-state index contributed by atoms with van der Waals surface area (Å²) in [5.41, 5.74) is 0.962. The lowest BCUT2D eigenvalue weighted by atomic mass is 9.98. The lowest BCUT2D eigenvalue weighted by Crippen LogP contribution is -2.36. The number of rotatable bonds is 3. The number of tetrazole rings is 1. The third-order valence-electron chi connectivity index (χ3n) is 3.98. The second kappa shape index (κ2) is 5.55. The molecule has 1 N–H and O–H groups in total. The summed E-state index contributed by atoms with van der Waals surface area (Å²) in [4.78, 5) is 6.50. The number of hydrogen-bond acceptors (Lipinski definition) is 6. The average molecular weight is 296 g/mol. The van der Waals surface area contributed by atoms with E-state index in [4.69, 9.17) is 0 Å². The molecule has 4 rings (SSSR count). The number of piperidine rings is 1. The van der Waals surface area contributed by atoms with Crippen LogP contribution >= 0.6 is 0 Å². The van der Waals surface area contributed by atoms with Crippen molar-refractivity contribution in [2.75, 3.05) is 18.0 Å². The predicted octanol–water partition coefficient (Wildman–Crippen LogP) is 1.16. The molecule has 8 heteroatoms. The molecular formula is C14H16N8. The van der Waals surface area contributed by atoms with Crippen LogP contribution in [0, 0.1) is 0 Å². The maximum atomic E-state index is 4.28. The Morgan fingerprint density at radius 3 is 2.91 bits per heavy atom. The fraction of sp³-hybridized carbons (Fsp3) is 0.357. The minimum Gasteiger partial charge on any atom is -0.339 e. The lowest BCUT2D eigenvalue weighted by molar-refractivity contribution is 0.484. The van der Waals surface area contributed by atoms with Gasteiger partial charge in [0.2, 0.25) is 5.95 Å². The van der Waals surface area contributed by atoms with Gasteiger partial charge in [0.25, 0.3) is 0 Å². The van der Waals surface area contributed by atoms with Crippen LogP contribution in [-0.4, -0.2) is 48.5 Å². The van der Waals surface area contributed by atoms with Crippen LogP contribution in [0.3, 0.4) is 0 Å². The Bertz CT molecular complexity index is 720. The molecule has 1 atom stereocenters. The number of benzene rings is 1. The second-order valence-electron chi connectivity index (χ2n) is 5.38. The Labute approximate surface area is 127 Å². The Kier molecular flexibility index (Phi) is 3.26. The van der Waals surface area contributed by atoms with Crippen molar-refractivity contribution in [3.63, 3.8) is 0 Å². The van der Waals surface area contributed by atoms with Gasteiger partial charge in [0, 0.05) is 19.0 Å². The van der Waals surface area contributed by atoms with E-state index in [0.717, 1.165) is 43.4 Å². The van der Waals surface area contributed by atoms with Crippen molar-refractivity contribution in [2.45, 2.75) is 18.8 Å². The van der Waals surface area contributed by atoms with Crippen molar-refractivity contribution in [2.24, 2.45) is 0 Å². The molecule has 1 fully saturated rings. The van der Waals surface area contributed by atoms with Gasteiger partial charge in [0.05, 0.1) is 5.69 Å². The van der Waals surface area contributed by atoms with Crippen LogP contribution in [0.4, 0.5) is 5.95 Å². The van der Waals surface area contributed by atoms with Crippen molar-refractivity contribution in [1.82, 2.24) is 35.4 Å². The van der Waals surface area contributed by atoms with Gasteiger partial charge in [0.1, 0.15) is 12.2 Å². The monoisotopic (exact) mass is 296 g/mol. The normalized spacial score (nSPS) is 18.5. The molecule has 0 saturated carbocycles. The first-order valence-corrected chi connectivity index (χ1v) is 7.36.